The zero-order valence-electron chi connectivity index (χ0n) is 101. The molecule has 0 aliphatic heterocycles. The van der Waals surface area contributed by atoms with E-state index in [0.717, 1.165) is 46.0 Å². The zero-order chi connectivity index (χ0) is 116. The minimum Gasteiger partial charge on any atom is -0.480 e. The molecular weight excluding hydrogens is 1100 g/mol. The summed E-state index contributed by atoms with van der Waals surface area (Å²) >= 11 is 0. The molecular formula is C57H130F8N4O13. The van der Waals surface area contributed by atoms with Gasteiger partial charge in [0.05, 0.1) is 0 Å². The number of esters is 3. The lowest BCUT2D eigenvalue weighted by atomic mass is 10.00. The lowest BCUT2D eigenvalue weighted by Crippen LogP contribution is -2.49. The number of carbonyl (C=O) groups is 6. The molecule has 4 aromatic rings. The van der Waals surface area contributed by atoms with E-state index < -0.39 is 113 Å². The number of aliphatic hydroxyl groups excluding tert-OH is 1. The van der Waals surface area contributed by atoms with Crippen molar-refractivity contribution >= 4 is 36.1 Å². The van der Waals surface area contributed by atoms with Crippen LogP contribution in [0.15, 0.2) is 97.3 Å². The highest BCUT2D eigenvalue weighted by atomic mass is 19.4. The van der Waals surface area contributed by atoms with Crippen LogP contribution >= 0.6 is 0 Å². The summed E-state index contributed by atoms with van der Waals surface area (Å²) in [5.41, 5.74) is -5.55. The minimum atomic E-state index is -4.67. The van der Waals surface area contributed by atoms with Gasteiger partial charge < -0.3 is 33.9 Å². The fourth-order valence-corrected chi connectivity index (χ4v) is 6.60. The van der Waals surface area contributed by atoms with E-state index in [-0.39, 0.29) is 46.9 Å². The van der Waals surface area contributed by atoms with E-state index >= 15 is 0 Å². The van der Waals surface area contributed by atoms with Crippen molar-refractivity contribution in [2.24, 2.45) is 0 Å². The molecule has 0 saturated carbocycles. The van der Waals surface area contributed by atoms with E-state index in [1.165, 1.54) is 47.9 Å². The van der Waals surface area contributed by atoms with E-state index in [9.17, 15) is 69.0 Å². The number of ether oxygens (including phenoxy) is 5. The maximum Gasteiger partial charge on any atom is 0.433 e. The van der Waals surface area contributed by atoms with Gasteiger partial charge in [0, 0.05) is 134 Å². The monoisotopic (exact) mass is 1290 g/mol. The molecule has 2 aromatic heterocycles. The molecule has 25 heteroatoms. The molecule has 0 bridgehead atoms. The molecule has 2 aromatic carbocycles. The Morgan fingerprint density at radius 1 is 0.537 bits per heavy atom. The van der Waals surface area contributed by atoms with Gasteiger partial charge in [-0.25, -0.2) is 37.5 Å². The fraction of sp³-hybridized carbons (Fsp3) is 0.509. The largest absolute Gasteiger partial charge is 0.480 e. The number of carboxylic acids is 1. The van der Waals surface area contributed by atoms with Crippen LogP contribution in [0.25, 0.3) is 0 Å². The van der Waals surface area contributed by atoms with Crippen molar-refractivity contribution in [2.45, 2.75) is 175 Å². The highest BCUT2D eigenvalue weighted by Gasteiger charge is 2.40. The van der Waals surface area contributed by atoms with Gasteiger partial charge in [0.2, 0.25) is 6.10 Å². The number of aliphatic hydroxyl groups is 1. The first-order valence-corrected chi connectivity index (χ1v) is 24.9. The Morgan fingerprint density at radius 2 is 0.902 bits per heavy atom. The van der Waals surface area contributed by atoms with Crippen molar-refractivity contribution in [1.29, 1.82) is 0 Å². The number of hydrogen-bond acceptors (Lipinski definition) is 14. The molecule has 17 nitrogen and oxygen atoms in total. The first-order chi connectivity index (χ1) is 64.0. The molecule has 0 aliphatic carbocycles. The van der Waals surface area contributed by atoms with Gasteiger partial charge in [-0.3, -0.25) is 19.8 Å². The maximum atomic E-state index is 14.7. The number of carbonyl (C=O) groups excluding carboxylic acids is 5. The predicted molar refractivity (Wildman–Crippen MR) is 343 cm³/mol. The summed E-state index contributed by atoms with van der Waals surface area (Å²) in [5, 5.41) is 18.8. The number of carboxylic acid groups (broad SMARTS) is 1. The van der Waals surface area contributed by atoms with Gasteiger partial charge in [-0.1, -0.05) is 80.2 Å². The van der Waals surface area contributed by atoms with Crippen LogP contribution in [-0.2, 0) is 81.3 Å². The Morgan fingerprint density at radius 3 is 1.24 bits per heavy atom. The van der Waals surface area contributed by atoms with Crippen LogP contribution in [-0.4, -0.2) is 127 Å². The lowest BCUT2D eigenvalue weighted by Gasteiger charge is -2.32. The topological polar surface area (TPSA) is 221 Å². The Bertz CT molecular complexity index is 2770. The molecule has 4 rings (SSSR count). The van der Waals surface area contributed by atoms with E-state index in [2.05, 4.69) is 9.97 Å². The molecule has 2 N–H and O–H groups in total. The standard InChI is InChI=1S/C28H34F4N2O6.C16H14F3NO3.C12H22FNO4.CH4.28H2/c1-26(2,3)40-25(37)34(6)20(15-27(4,5)29)23(35)39-21(24(36)38-17-18-10-8-7-9-11-18)14-19-12-13-22(33-16-19)28(30,31)32;17-16(18,19)14-7-6-12(9-20-14)8-13(21)15(22)23-10-11-4-2-1-3-5-11;1-11(2,3)18-10(17)14(6)8(9(15)16)7-12(4,5)13;;;;;;;;;;;;;;;;;;;;;;;;;;;;;/h7-13,16,20-21H,14-15,17H2,1-6H3;1-7,9,13,21H,8,10H2;8H,7H2,1-6H3,(H,15,16);1H4;28*1H/t20-,21+;13-;8-;;;;;;;;;;;;;;;;;;;;;;;;;;;;;/m010............................./s1/i;;;;27*1+1D;1+1. The summed E-state index contributed by atoms with van der Waals surface area (Å²) in [6.07, 6.45) is -13.4. The van der Waals surface area contributed by atoms with Crippen LogP contribution in [0, 0.1) is 0 Å². The fourth-order valence-electron chi connectivity index (χ4n) is 6.60. The average molecular weight is 1290 g/mol. The van der Waals surface area contributed by atoms with E-state index in [4.69, 9.17) is 109 Å². The van der Waals surface area contributed by atoms with Crippen molar-refractivity contribution in [3.05, 3.63) is 131 Å². The molecule has 0 fully saturated rings. The number of amides is 2. The predicted octanol–water partition coefficient (Wildman–Crippen LogP) is 18.4. The number of pyridine rings is 2. The second-order valence-corrected chi connectivity index (χ2v) is 21.5. The third-order valence-electron chi connectivity index (χ3n) is 10.5. The number of nitrogens with zero attached hydrogens (tertiary/aromatic N) is 4. The third-order valence-corrected chi connectivity index (χ3v) is 10.5. The molecule has 0 aliphatic rings. The zero-order valence-corrected chi connectivity index (χ0v) is 47.0. The Kier molecular flexibility index (Phi) is 14.8. The Hall–Kier alpha value is -7.44. The van der Waals surface area contributed by atoms with Gasteiger partial charge in [-0.15, -0.1) is 0 Å². The lowest BCUT2D eigenvalue weighted by molar-refractivity contribution is -0.172. The molecule has 0 radical (unpaired) electrons. The Balaban J connectivity index is -0.0000000409. The number of halogens is 8. The number of hydrogen-bond donors (Lipinski definition) is 2. The molecule has 2 amide bonds. The normalized spacial score (nSPS) is 15.9. The van der Waals surface area contributed by atoms with Crippen molar-refractivity contribution in [2.75, 3.05) is 14.1 Å². The minimum absolute atomic E-state index is 0. The second kappa shape index (κ2) is 31.1. The molecule has 0 saturated heterocycles. The summed E-state index contributed by atoms with van der Waals surface area (Å²) in [4.78, 5) is 81.8. The quantitative estimate of drug-likeness (QED) is 0.0506. The number of likely N-dealkylation sites (N-methyl/N-ethyl adjacent to an activating group) is 2. The van der Waals surface area contributed by atoms with Crippen LogP contribution in [0.2, 0.25) is 0 Å². The van der Waals surface area contributed by atoms with Crippen LogP contribution < -0.4 is 0 Å². The smallest absolute Gasteiger partial charge is 0.433 e. The van der Waals surface area contributed by atoms with E-state index in [1.807, 2.05) is 6.07 Å². The number of alkyl halides is 8. The van der Waals surface area contributed by atoms with Crippen molar-refractivity contribution in [1.82, 2.24) is 19.8 Å². The first-order valence-electron chi connectivity index (χ1n) is 51.9. The van der Waals surface area contributed by atoms with Crippen LogP contribution in [0.5, 0.6) is 0 Å². The van der Waals surface area contributed by atoms with E-state index in [1.54, 1.807) is 96.1 Å². The number of rotatable bonds is 19. The number of benzene rings is 2. The third kappa shape index (κ3) is 28.3. The van der Waals surface area contributed by atoms with Crippen LogP contribution in [0.4, 0.5) is 44.7 Å². The summed E-state index contributed by atoms with van der Waals surface area (Å²) in [6, 6.07) is 18.6. The van der Waals surface area contributed by atoms with Gasteiger partial charge in [0.15, 0.2) is 6.10 Å². The molecule has 82 heavy (non-hydrogen) atoms. The first kappa shape index (κ1) is 39.1. The Labute approximate surface area is 557 Å². The molecule has 0 spiro atoms. The summed E-state index contributed by atoms with van der Waals surface area (Å²) in [7, 11) is 2.52. The van der Waals surface area contributed by atoms with Crippen molar-refractivity contribution < 1.29 is 179 Å². The molecule has 4 atom stereocenters. The molecule has 2 heterocycles. The van der Waals surface area contributed by atoms with Crippen LogP contribution in [0.1, 0.15) is 205 Å². The number of aromatic nitrogens is 2. The van der Waals surface area contributed by atoms with Gasteiger partial charge in [-0.05, 0) is 104 Å². The van der Waals surface area contributed by atoms with Gasteiger partial charge in [0.25, 0.3) is 0 Å². The summed E-state index contributed by atoms with van der Waals surface area (Å²) in [6.45, 7) is 14.7. The van der Waals surface area contributed by atoms with Gasteiger partial charge in [0.1, 0.15) is 59.2 Å². The summed E-state index contributed by atoms with van der Waals surface area (Å²) in [5.74, 6) is -4.21. The second-order valence-electron chi connectivity index (χ2n) is 21.5. The highest BCUT2D eigenvalue weighted by molar-refractivity contribution is 5.85. The molecule has 512 valence electrons. The van der Waals surface area contributed by atoms with Gasteiger partial charge in [-0.2, -0.15) is 26.3 Å². The number of aliphatic carboxylic acids is 1. The maximum absolute atomic E-state index is 14.7. The highest BCUT2D eigenvalue weighted by Crippen LogP contribution is 2.29. The van der Waals surface area contributed by atoms with Gasteiger partial charge >= 0.3 is 48.4 Å². The SMILES string of the molecule is C.CN(C(=O)OC(C)(C)C)[C@@H](CC(C)(C)F)C(=O)O.CN(C(=O)OC(C)(C)C)[C@@H](CC(C)(C)F)C(=O)O[C@H](Cc1ccc(C(F)(F)F)nc1)C(=O)OCc1ccccc1.O=C(OCc1ccccc1)[C@H](O)Cc1ccc(C(F)(F)F)nc1.[2HH].[2H][2H].[2H][2H].[2H][2H].[2H][2H].[2H][2H].[2H][2H].[2H][2H].[2H][2H].[2H][2H].[2H][2H].[2H][2H].[2H][2H].[2H][2H].[2H][2H].[2H][2H].[2H][2H].[2H][2H].[2H][2H].[2H][2H].[2H][2H].[2H][2H].[2H][2H].[2H][2H].[2H][2H].[2H][2H].[2H][2H].[2H][2H]. The van der Waals surface area contributed by atoms with Crippen LogP contribution in [0.3, 0.4) is 0 Å². The van der Waals surface area contributed by atoms with Crippen molar-refractivity contribution in [3.8, 4) is 0 Å². The average Bonchev–Trinajstić information content (AvgIpc) is 0.818. The van der Waals surface area contributed by atoms with E-state index in [0.29, 0.717) is 11.1 Å². The van der Waals surface area contributed by atoms with Crippen molar-refractivity contribution in [3.63, 3.8) is 0 Å². The molecule has 0 unspecified atom stereocenters. The summed E-state index contributed by atoms with van der Waals surface area (Å²) < 4.78 is 400.